The van der Waals surface area contributed by atoms with E-state index in [1.807, 2.05) is 48.2 Å². The Balaban J connectivity index is 1.15. The van der Waals surface area contributed by atoms with Crippen molar-refractivity contribution in [3.8, 4) is 5.75 Å². The largest absolute Gasteiger partial charge is 0.491 e. The van der Waals surface area contributed by atoms with Crippen molar-refractivity contribution in [2.24, 2.45) is 0 Å². The number of methoxy groups -OCH3 is 1. The summed E-state index contributed by atoms with van der Waals surface area (Å²) in [6.07, 6.45) is 4.05. The van der Waals surface area contributed by atoms with Crippen LogP contribution >= 0.6 is 0 Å². The number of benzene rings is 3. The number of nitrogens with zero attached hydrogens (tertiary/aromatic N) is 2. The van der Waals surface area contributed by atoms with Crippen LogP contribution in [0.2, 0.25) is 0 Å². The molecule has 10 heteroatoms. The van der Waals surface area contributed by atoms with Crippen LogP contribution in [0.15, 0.2) is 54.6 Å². The molecule has 0 spiro atoms. The Morgan fingerprint density at radius 1 is 0.848 bits per heavy atom. The molecule has 0 bridgehead atoms. The summed E-state index contributed by atoms with van der Waals surface area (Å²) in [5.74, 6) is 0.315. The summed E-state index contributed by atoms with van der Waals surface area (Å²) in [7, 11) is 3.66. The number of unbranched alkanes of at least 4 members (excludes halogenated alkanes) is 2. The van der Waals surface area contributed by atoms with Gasteiger partial charge in [-0.25, -0.2) is 0 Å². The minimum atomic E-state index is -0.295. The molecule has 3 N–H and O–H groups in total. The first-order chi connectivity index (χ1) is 22.3. The van der Waals surface area contributed by atoms with Crippen LogP contribution in [0.25, 0.3) is 0 Å². The van der Waals surface area contributed by atoms with Crippen molar-refractivity contribution in [3.63, 3.8) is 0 Å². The van der Waals surface area contributed by atoms with Gasteiger partial charge in [-0.1, -0.05) is 12.1 Å². The second-order valence-electron chi connectivity index (χ2n) is 12.1. The lowest BCUT2D eigenvalue weighted by Crippen LogP contribution is -2.47. The molecule has 244 valence electrons. The maximum Gasteiger partial charge on any atom is 0.255 e. The van der Waals surface area contributed by atoms with Crippen molar-refractivity contribution in [2.75, 3.05) is 69.4 Å². The molecule has 2 aliphatic rings. The van der Waals surface area contributed by atoms with Crippen LogP contribution in [0.1, 0.15) is 63.1 Å². The number of aryl methyl sites for hydroxylation is 1. The lowest BCUT2D eigenvalue weighted by molar-refractivity contribution is -0.132. The average molecular weight is 628 g/mol. The van der Waals surface area contributed by atoms with Gasteiger partial charge >= 0.3 is 0 Å². The summed E-state index contributed by atoms with van der Waals surface area (Å²) >= 11 is 0. The zero-order chi connectivity index (χ0) is 32.5. The van der Waals surface area contributed by atoms with Crippen LogP contribution in [-0.4, -0.2) is 81.0 Å². The van der Waals surface area contributed by atoms with Crippen molar-refractivity contribution in [3.05, 3.63) is 82.4 Å². The maximum atomic E-state index is 13.4. The topological polar surface area (TPSA) is 112 Å². The third kappa shape index (κ3) is 8.64. The number of carbonyl (C=O) groups excluding carboxylic acids is 3. The Morgan fingerprint density at radius 2 is 1.57 bits per heavy atom. The normalized spacial score (nSPS) is 14.4. The highest BCUT2D eigenvalue weighted by molar-refractivity contribution is 6.07. The standard InChI is InChI=1S/C36H45N5O5/c1-25-8-12-31(33(21-25)46-20-6-4-5-7-34(42)41-18-16-40(2)17-19-41)39-35(43)27-11-13-30(29(22-27)24-45-3)38-36(44)28-10-9-26-14-15-37-32(26)23-28/h8-13,21-23,37H,4-7,14-20,24H2,1-3H3,(H,38,44)(H,39,43). The fraction of sp³-hybridized carbons (Fsp3) is 0.417. The molecule has 5 rings (SSSR count). The fourth-order valence-corrected chi connectivity index (χ4v) is 5.76. The van der Waals surface area contributed by atoms with Gasteiger partial charge < -0.3 is 35.2 Å². The first-order valence-corrected chi connectivity index (χ1v) is 16.1. The van der Waals surface area contributed by atoms with Gasteiger partial charge in [-0.3, -0.25) is 14.4 Å². The molecule has 3 aromatic carbocycles. The number of rotatable bonds is 13. The van der Waals surface area contributed by atoms with Gasteiger partial charge in [0.05, 0.1) is 18.9 Å². The van der Waals surface area contributed by atoms with E-state index in [9.17, 15) is 14.4 Å². The van der Waals surface area contributed by atoms with Crippen molar-refractivity contribution < 1.29 is 23.9 Å². The summed E-state index contributed by atoms with van der Waals surface area (Å²) < 4.78 is 11.5. The Bertz CT molecular complexity index is 1550. The third-order valence-electron chi connectivity index (χ3n) is 8.53. The minimum absolute atomic E-state index is 0.225. The number of hydrogen-bond donors (Lipinski definition) is 3. The van der Waals surface area contributed by atoms with Crippen molar-refractivity contribution in [1.82, 2.24) is 9.80 Å². The van der Waals surface area contributed by atoms with Crippen molar-refractivity contribution in [2.45, 2.75) is 45.6 Å². The van der Waals surface area contributed by atoms with Crippen LogP contribution in [0.3, 0.4) is 0 Å². The molecule has 3 amide bonds. The van der Waals surface area contributed by atoms with Gasteiger partial charge in [-0.05, 0) is 93.2 Å². The minimum Gasteiger partial charge on any atom is -0.491 e. The highest BCUT2D eigenvalue weighted by Gasteiger charge is 2.19. The number of anilines is 3. The summed E-state index contributed by atoms with van der Waals surface area (Å²) in [5, 5.41) is 9.27. The van der Waals surface area contributed by atoms with Gasteiger partial charge in [0.1, 0.15) is 5.75 Å². The average Bonchev–Trinajstić information content (AvgIpc) is 3.53. The molecule has 1 saturated heterocycles. The second-order valence-corrected chi connectivity index (χ2v) is 12.1. The molecule has 0 aliphatic carbocycles. The van der Waals surface area contributed by atoms with Crippen LogP contribution < -0.4 is 20.7 Å². The molecule has 0 saturated carbocycles. The van der Waals surface area contributed by atoms with E-state index in [4.69, 9.17) is 9.47 Å². The highest BCUT2D eigenvalue weighted by Crippen LogP contribution is 2.28. The number of hydrogen-bond acceptors (Lipinski definition) is 7. The SMILES string of the molecule is COCc1cc(C(=O)Nc2ccc(C)cc2OCCCCCC(=O)N2CCN(C)CC2)ccc1NC(=O)c1ccc2c(c1)NCC2. The zero-order valence-electron chi connectivity index (χ0n) is 27.1. The van der Waals surface area contributed by atoms with Crippen molar-refractivity contribution >= 4 is 34.8 Å². The number of fused-ring (bicyclic) bond motifs is 1. The maximum absolute atomic E-state index is 13.4. The molecule has 10 nitrogen and oxygen atoms in total. The molecule has 0 atom stereocenters. The summed E-state index contributed by atoms with van der Waals surface area (Å²) in [6.45, 7) is 7.04. The van der Waals surface area contributed by atoms with E-state index in [-0.39, 0.29) is 24.3 Å². The first kappa shape index (κ1) is 33.0. The summed E-state index contributed by atoms with van der Waals surface area (Å²) in [6, 6.07) is 16.5. The molecular formula is C36H45N5O5. The predicted octanol–water partition coefficient (Wildman–Crippen LogP) is 5.33. The Morgan fingerprint density at radius 3 is 2.35 bits per heavy atom. The summed E-state index contributed by atoms with van der Waals surface area (Å²) in [5.41, 5.74) is 6.07. The first-order valence-electron chi connectivity index (χ1n) is 16.1. The lowest BCUT2D eigenvalue weighted by Gasteiger charge is -2.32. The highest BCUT2D eigenvalue weighted by atomic mass is 16.5. The predicted molar refractivity (Wildman–Crippen MR) is 181 cm³/mol. The van der Waals surface area contributed by atoms with E-state index < -0.39 is 0 Å². The Kier molecular flexibility index (Phi) is 11.3. The molecule has 46 heavy (non-hydrogen) atoms. The van der Waals surface area contributed by atoms with E-state index in [1.54, 1.807) is 25.3 Å². The monoisotopic (exact) mass is 627 g/mol. The van der Waals surface area contributed by atoms with Gasteiger partial charge in [0.2, 0.25) is 5.91 Å². The molecule has 0 unspecified atom stereocenters. The summed E-state index contributed by atoms with van der Waals surface area (Å²) in [4.78, 5) is 43.1. The van der Waals surface area contributed by atoms with Gasteiger partial charge in [-0.15, -0.1) is 0 Å². The van der Waals surface area contributed by atoms with Crippen molar-refractivity contribution in [1.29, 1.82) is 0 Å². The molecule has 2 heterocycles. The quantitative estimate of drug-likeness (QED) is 0.220. The van der Waals surface area contributed by atoms with Crippen LogP contribution in [0.4, 0.5) is 17.1 Å². The Labute approximate surface area is 271 Å². The second kappa shape index (κ2) is 15.7. The molecular weight excluding hydrogens is 582 g/mol. The van der Waals surface area contributed by atoms with Crippen LogP contribution in [0, 0.1) is 6.92 Å². The van der Waals surface area contributed by atoms with Gasteiger partial charge in [0, 0.05) is 74.3 Å². The van der Waals surface area contributed by atoms with Crippen LogP contribution in [-0.2, 0) is 22.6 Å². The fourth-order valence-electron chi connectivity index (χ4n) is 5.76. The van der Waals surface area contributed by atoms with E-state index in [2.05, 4.69) is 27.9 Å². The molecule has 0 aromatic heterocycles. The molecule has 2 aliphatic heterocycles. The van der Waals surface area contributed by atoms with E-state index in [0.717, 1.165) is 69.7 Å². The van der Waals surface area contributed by atoms with Gasteiger partial charge in [0.25, 0.3) is 11.8 Å². The third-order valence-corrected chi connectivity index (χ3v) is 8.53. The van der Waals surface area contributed by atoms with Gasteiger partial charge in [0.15, 0.2) is 0 Å². The molecule has 3 aromatic rings. The van der Waals surface area contributed by atoms with Crippen LogP contribution in [0.5, 0.6) is 5.75 Å². The Hall–Kier alpha value is -4.41. The van der Waals surface area contributed by atoms with E-state index >= 15 is 0 Å². The van der Waals surface area contributed by atoms with Gasteiger partial charge in [-0.2, -0.15) is 0 Å². The molecule has 0 radical (unpaired) electrons. The number of likely N-dealkylation sites (N-methyl/N-ethyl adjacent to an activating group) is 1. The lowest BCUT2D eigenvalue weighted by atomic mass is 10.1. The number of carbonyl (C=O) groups is 3. The number of nitrogens with one attached hydrogen (secondary N) is 3. The number of piperazine rings is 1. The van der Waals surface area contributed by atoms with E-state index in [1.165, 1.54) is 5.56 Å². The zero-order valence-corrected chi connectivity index (χ0v) is 27.1. The molecule has 1 fully saturated rings. The number of amides is 3. The van der Waals surface area contributed by atoms with E-state index in [0.29, 0.717) is 46.8 Å². The number of ether oxygens (including phenoxy) is 2. The smallest absolute Gasteiger partial charge is 0.255 e.